The average Bonchev–Trinajstić information content (AvgIpc) is 2.14. The van der Waals surface area contributed by atoms with Crippen molar-refractivity contribution in [2.75, 3.05) is 0 Å². The standard InChI is InChI=1S/C5H2ClOS/c6-5-3-8-2-4(5)1-7/h2-3H. The van der Waals surface area contributed by atoms with E-state index in [1.165, 1.54) is 11.3 Å². The van der Waals surface area contributed by atoms with Crippen molar-refractivity contribution in [2.45, 2.75) is 0 Å². The lowest BCUT2D eigenvalue weighted by Crippen LogP contribution is -1.70. The summed E-state index contributed by atoms with van der Waals surface area (Å²) in [7, 11) is 0. The maximum atomic E-state index is 9.89. The summed E-state index contributed by atoms with van der Waals surface area (Å²) in [4.78, 5) is 9.89. The smallest absolute Gasteiger partial charge is 0.235 e. The minimum Gasteiger partial charge on any atom is -0.285 e. The molecule has 41 valence electrons. The molecule has 0 bridgehead atoms. The van der Waals surface area contributed by atoms with Crippen LogP contribution >= 0.6 is 22.9 Å². The van der Waals surface area contributed by atoms with Gasteiger partial charge in [0.25, 0.3) is 0 Å². The Morgan fingerprint density at radius 1 is 1.62 bits per heavy atom. The zero-order valence-corrected chi connectivity index (χ0v) is 5.42. The van der Waals surface area contributed by atoms with Gasteiger partial charge in [0.15, 0.2) is 0 Å². The molecule has 1 heterocycles. The first kappa shape index (κ1) is 5.79. The molecule has 0 atom stereocenters. The first-order chi connectivity index (χ1) is 3.84. The molecule has 0 aliphatic heterocycles. The van der Waals surface area contributed by atoms with Crippen LogP contribution in [0, 0.1) is 0 Å². The fourth-order valence-corrected chi connectivity index (χ4v) is 1.29. The summed E-state index contributed by atoms with van der Waals surface area (Å²) in [5.74, 6) is 0. The third kappa shape index (κ3) is 0.904. The van der Waals surface area contributed by atoms with Crippen LogP contribution in [0.3, 0.4) is 0 Å². The number of carbonyl (C=O) groups excluding carboxylic acids is 1. The van der Waals surface area contributed by atoms with E-state index in [0.717, 1.165) is 0 Å². The van der Waals surface area contributed by atoms with Crippen LogP contribution in [0.1, 0.15) is 5.56 Å². The van der Waals surface area contributed by atoms with E-state index in [4.69, 9.17) is 11.6 Å². The van der Waals surface area contributed by atoms with Gasteiger partial charge in [-0.1, -0.05) is 11.6 Å². The molecule has 0 fully saturated rings. The van der Waals surface area contributed by atoms with E-state index < -0.39 is 0 Å². The zero-order chi connectivity index (χ0) is 5.98. The molecule has 0 aliphatic rings. The predicted octanol–water partition coefficient (Wildman–Crippen LogP) is 1.86. The Hall–Kier alpha value is -0.340. The minimum absolute atomic E-state index is 0.455. The molecule has 0 aliphatic carbocycles. The van der Waals surface area contributed by atoms with E-state index in [0.29, 0.717) is 10.6 Å². The highest BCUT2D eigenvalue weighted by Crippen LogP contribution is 2.17. The van der Waals surface area contributed by atoms with Gasteiger partial charge in [-0.25, -0.2) is 0 Å². The number of thiophene rings is 1. The molecule has 0 saturated carbocycles. The van der Waals surface area contributed by atoms with Gasteiger partial charge in [0, 0.05) is 10.8 Å². The highest BCUT2D eigenvalue weighted by molar-refractivity contribution is 7.08. The van der Waals surface area contributed by atoms with E-state index in [1.54, 1.807) is 17.0 Å². The summed E-state index contributed by atoms with van der Waals surface area (Å²) in [6.07, 6.45) is 1.70. The maximum absolute atomic E-state index is 9.89. The van der Waals surface area contributed by atoms with E-state index in [1.807, 2.05) is 0 Å². The van der Waals surface area contributed by atoms with Gasteiger partial charge in [0.2, 0.25) is 6.29 Å². The largest absolute Gasteiger partial charge is 0.285 e. The molecule has 0 amide bonds. The number of hydrogen-bond donors (Lipinski definition) is 0. The fourth-order valence-electron chi connectivity index (χ4n) is 0.354. The van der Waals surface area contributed by atoms with Crippen molar-refractivity contribution in [3.05, 3.63) is 21.3 Å². The van der Waals surface area contributed by atoms with Crippen molar-refractivity contribution in [3.8, 4) is 0 Å². The summed E-state index contributed by atoms with van der Waals surface area (Å²) < 4.78 is 0. The molecule has 0 unspecified atom stereocenters. The topological polar surface area (TPSA) is 17.1 Å². The molecular formula is C5H2ClOS. The van der Waals surface area contributed by atoms with E-state index in [9.17, 15) is 4.79 Å². The van der Waals surface area contributed by atoms with Crippen molar-refractivity contribution >= 4 is 29.2 Å². The Morgan fingerprint density at radius 3 is 2.62 bits per heavy atom. The molecule has 1 rings (SSSR count). The quantitative estimate of drug-likeness (QED) is 0.590. The van der Waals surface area contributed by atoms with Crippen LogP contribution in [-0.2, 0) is 4.79 Å². The minimum atomic E-state index is 0.455. The van der Waals surface area contributed by atoms with Crippen LogP contribution in [0.2, 0.25) is 5.02 Å². The highest BCUT2D eigenvalue weighted by Gasteiger charge is 1.96. The summed E-state index contributed by atoms with van der Waals surface area (Å²) in [5.41, 5.74) is 0.455. The van der Waals surface area contributed by atoms with Gasteiger partial charge < -0.3 is 0 Å². The zero-order valence-electron chi connectivity index (χ0n) is 3.85. The summed E-state index contributed by atoms with van der Waals surface area (Å²) >= 11 is 6.88. The maximum Gasteiger partial charge on any atom is 0.235 e. The number of halogens is 1. The summed E-state index contributed by atoms with van der Waals surface area (Å²) in [5, 5.41) is 3.85. The first-order valence-electron chi connectivity index (χ1n) is 1.94. The van der Waals surface area contributed by atoms with Crippen LogP contribution in [0.25, 0.3) is 0 Å². The van der Waals surface area contributed by atoms with Crippen molar-refractivity contribution < 1.29 is 4.79 Å². The Bertz CT molecular complexity index is 194. The lowest BCUT2D eigenvalue weighted by atomic mass is 10.4. The molecule has 0 saturated heterocycles. The van der Waals surface area contributed by atoms with Gasteiger partial charge in [-0.2, -0.15) is 11.3 Å². The average molecular weight is 146 g/mol. The van der Waals surface area contributed by atoms with Gasteiger partial charge in [-0.15, -0.1) is 0 Å². The predicted molar refractivity (Wildman–Crippen MR) is 34.1 cm³/mol. The van der Waals surface area contributed by atoms with Crippen LogP contribution < -0.4 is 0 Å². The highest BCUT2D eigenvalue weighted by atomic mass is 35.5. The molecule has 1 nitrogen and oxygen atoms in total. The third-order valence-electron chi connectivity index (χ3n) is 0.725. The van der Waals surface area contributed by atoms with Crippen LogP contribution in [-0.4, -0.2) is 6.29 Å². The number of rotatable bonds is 1. The molecule has 0 spiro atoms. The Kier molecular flexibility index (Phi) is 1.65. The van der Waals surface area contributed by atoms with Gasteiger partial charge in [-0.3, -0.25) is 4.79 Å². The molecule has 1 aromatic rings. The second-order valence-electron chi connectivity index (χ2n) is 1.24. The molecule has 1 radical (unpaired) electrons. The summed E-state index contributed by atoms with van der Waals surface area (Å²) in [6.45, 7) is 0. The molecular weight excluding hydrogens is 144 g/mol. The second-order valence-corrected chi connectivity index (χ2v) is 2.39. The van der Waals surface area contributed by atoms with Crippen LogP contribution in [0.5, 0.6) is 0 Å². The van der Waals surface area contributed by atoms with Gasteiger partial charge >= 0.3 is 0 Å². The molecule has 1 aromatic heterocycles. The SMILES string of the molecule is O=[C]c1cscc1Cl. The fraction of sp³-hybridized carbons (Fsp3) is 0. The second kappa shape index (κ2) is 2.29. The molecule has 8 heavy (non-hydrogen) atoms. The number of hydrogen-bond acceptors (Lipinski definition) is 2. The van der Waals surface area contributed by atoms with Crippen molar-refractivity contribution in [2.24, 2.45) is 0 Å². The van der Waals surface area contributed by atoms with E-state index >= 15 is 0 Å². The van der Waals surface area contributed by atoms with Crippen molar-refractivity contribution in [1.82, 2.24) is 0 Å². The summed E-state index contributed by atoms with van der Waals surface area (Å²) in [6, 6.07) is 0. The molecule has 0 aromatic carbocycles. The van der Waals surface area contributed by atoms with Crippen molar-refractivity contribution in [3.63, 3.8) is 0 Å². The first-order valence-corrected chi connectivity index (χ1v) is 3.26. The normalized spacial score (nSPS) is 9.12. The van der Waals surface area contributed by atoms with Crippen LogP contribution in [0.4, 0.5) is 0 Å². The Balaban J connectivity index is 3.09. The van der Waals surface area contributed by atoms with Gasteiger partial charge in [0.1, 0.15) is 0 Å². The Labute approximate surface area is 55.9 Å². The third-order valence-corrected chi connectivity index (χ3v) is 1.91. The van der Waals surface area contributed by atoms with E-state index in [2.05, 4.69) is 0 Å². The Morgan fingerprint density at radius 2 is 2.38 bits per heavy atom. The lowest BCUT2D eigenvalue weighted by Gasteiger charge is -1.74. The monoisotopic (exact) mass is 145 g/mol. The molecule has 3 heteroatoms. The van der Waals surface area contributed by atoms with Crippen LogP contribution in [0.15, 0.2) is 10.8 Å². The molecule has 0 N–H and O–H groups in total. The van der Waals surface area contributed by atoms with Gasteiger partial charge in [-0.05, 0) is 0 Å². The van der Waals surface area contributed by atoms with Crippen molar-refractivity contribution in [1.29, 1.82) is 0 Å². The van der Waals surface area contributed by atoms with E-state index in [-0.39, 0.29) is 0 Å². The lowest BCUT2D eigenvalue weighted by molar-refractivity contribution is 0.563. The van der Waals surface area contributed by atoms with Gasteiger partial charge in [0.05, 0.1) is 10.6 Å².